The van der Waals surface area contributed by atoms with E-state index in [-0.39, 0.29) is 0 Å². The lowest BCUT2D eigenvalue weighted by Crippen LogP contribution is -2.46. The standard InChI is InChI=1S/C17H20ClN3O/c1-13-3-5-14(6-4-13)20-7-9-21(10-8-20)16-11-15(22-2)12-19-17(16)18/h3-6,11-12H,7-10H2,1-2H3. The van der Waals surface area contributed by atoms with Crippen LogP contribution in [-0.2, 0) is 0 Å². The average Bonchev–Trinajstić information content (AvgIpc) is 2.56. The van der Waals surface area contributed by atoms with E-state index in [1.807, 2.05) is 6.07 Å². The zero-order chi connectivity index (χ0) is 15.5. The quantitative estimate of drug-likeness (QED) is 0.811. The van der Waals surface area contributed by atoms with Crippen LogP contribution in [0.2, 0.25) is 5.15 Å². The monoisotopic (exact) mass is 317 g/mol. The van der Waals surface area contributed by atoms with Crippen LogP contribution >= 0.6 is 11.6 Å². The first-order valence-corrected chi connectivity index (χ1v) is 7.81. The summed E-state index contributed by atoms with van der Waals surface area (Å²) in [4.78, 5) is 8.86. The number of rotatable bonds is 3. The van der Waals surface area contributed by atoms with Gasteiger partial charge in [0.2, 0.25) is 0 Å². The second-order valence-electron chi connectivity index (χ2n) is 5.49. The third kappa shape index (κ3) is 3.12. The SMILES string of the molecule is COc1cnc(Cl)c(N2CCN(c3ccc(C)cc3)CC2)c1. The van der Waals surface area contributed by atoms with Gasteiger partial charge >= 0.3 is 0 Å². The topological polar surface area (TPSA) is 28.6 Å². The van der Waals surface area contributed by atoms with Gasteiger partial charge in [0, 0.05) is 37.9 Å². The second kappa shape index (κ2) is 6.44. The maximum atomic E-state index is 6.24. The number of aromatic nitrogens is 1. The van der Waals surface area contributed by atoms with Gasteiger partial charge < -0.3 is 14.5 Å². The number of methoxy groups -OCH3 is 1. The molecule has 0 aliphatic carbocycles. The molecule has 1 aliphatic heterocycles. The summed E-state index contributed by atoms with van der Waals surface area (Å²) in [6, 6.07) is 10.6. The minimum absolute atomic E-state index is 0.532. The van der Waals surface area contributed by atoms with Gasteiger partial charge in [-0.2, -0.15) is 0 Å². The van der Waals surface area contributed by atoms with Gasteiger partial charge in [0.15, 0.2) is 5.15 Å². The van der Waals surface area contributed by atoms with E-state index in [0.717, 1.165) is 37.6 Å². The number of ether oxygens (including phenoxy) is 1. The predicted octanol–water partition coefficient (Wildman–Crippen LogP) is 3.38. The van der Waals surface area contributed by atoms with Crippen LogP contribution in [0.5, 0.6) is 5.75 Å². The Bertz CT molecular complexity index is 637. The minimum Gasteiger partial charge on any atom is -0.495 e. The molecule has 1 aromatic carbocycles. The molecule has 0 spiro atoms. The summed E-state index contributed by atoms with van der Waals surface area (Å²) >= 11 is 6.24. The minimum atomic E-state index is 0.532. The highest BCUT2D eigenvalue weighted by atomic mass is 35.5. The summed E-state index contributed by atoms with van der Waals surface area (Å²) in [6.07, 6.45) is 1.65. The molecule has 1 saturated heterocycles. The number of aryl methyl sites for hydroxylation is 1. The molecule has 0 amide bonds. The number of nitrogens with zero attached hydrogens (tertiary/aromatic N) is 3. The third-order valence-corrected chi connectivity index (χ3v) is 4.34. The van der Waals surface area contributed by atoms with Crippen LogP contribution in [0.15, 0.2) is 36.5 Å². The van der Waals surface area contributed by atoms with Crippen LogP contribution < -0.4 is 14.5 Å². The van der Waals surface area contributed by atoms with E-state index in [0.29, 0.717) is 5.15 Å². The van der Waals surface area contributed by atoms with Crippen LogP contribution in [0.1, 0.15) is 5.56 Å². The number of anilines is 2. The zero-order valence-corrected chi connectivity index (χ0v) is 13.7. The van der Waals surface area contributed by atoms with Crippen LogP contribution in [0, 0.1) is 6.92 Å². The largest absolute Gasteiger partial charge is 0.495 e. The molecule has 0 radical (unpaired) electrons. The van der Waals surface area contributed by atoms with E-state index in [9.17, 15) is 0 Å². The summed E-state index contributed by atoms with van der Waals surface area (Å²) in [6.45, 7) is 5.89. The maximum absolute atomic E-state index is 6.24. The lowest BCUT2D eigenvalue weighted by Gasteiger charge is -2.37. The molecule has 0 saturated carbocycles. The molecule has 2 aromatic rings. The molecule has 3 rings (SSSR count). The molecular formula is C17H20ClN3O. The average molecular weight is 318 g/mol. The van der Waals surface area contributed by atoms with Crippen molar-refractivity contribution in [3.8, 4) is 5.75 Å². The zero-order valence-electron chi connectivity index (χ0n) is 12.9. The van der Waals surface area contributed by atoms with Crippen molar-refractivity contribution < 1.29 is 4.74 Å². The number of benzene rings is 1. The molecule has 4 nitrogen and oxygen atoms in total. The number of piperazine rings is 1. The van der Waals surface area contributed by atoms with Gasteiger partial charge in [-0.25, -0.2) is 4.98 Å². The fourth-order valence-electron chi connectivity index (χ4n) is 2.71. The Morgan fingerprint density at radius 2 is 1.68 bits per heavy atom. The predicted molar refractivity (Wildman–Crippen MR) is 91.4 cm³/mol. The molecule has 1 aromatic heterocycles. The molecule has 116 valence electrons. The summed E-state index contributed by atoms with van der Waals surface area (Å²) in [7, 11) is 1.64. The van der Waals surface area contributed by atoms with Gasteiger partial charge in [0.25, 0.3) is 0 Å². The summed E-state index contributed by atoms with van der Waals surface area (Å²) in [5.74, 6) is 0.736. The van der Waals surface area contributed by atoms with E-state index < -0.39 is 0 Å². The first-order chi connectivity index (χ1) is 10.7. The number of hydrogen-bond acceptors (Lipinski definition) is 4. The summed E-state index contributed by atoms with van der Waals surface area (Å²) < 4.78 is 5.24. The summed E-state index contributed by atoms with van der Waals surface area (Å²) in [5, 5.41) is 0.532. The van der Waals surface area contributed by atoms with Gasteiger partial charge in [0.05, 0.1) is 19.0 Å². The van der Waals surface area contributed by atoms with Crippen molar-refractivity contribution in [1.82, 2.24) is 4.98 Å². The molecule has 1 aliphatic rings. The van der Waals surface area contributed by atoms with E-state index in [2.05, 4.69) is 46.0 Å². The maximum Gasteiger partial charge on any atom is 0.152 e. The van der Waals surface area contributed by atoms with Gasteiger partial charge in [-0.15, -0.1) is 0 Å². The molecule has 22 heavy (non-hydrogen) atoms. The Kier molecular flexibility index (Phi) is 4.39. The van der Waals surface area contributed by atoms with E-state index in [1.165, 1.54) is 11.3 Å². The van der Waals surface area contributed by atoms with Gasteiger partial charge in [-0.1, -0.05) is 29.3 Å². The van der Waals surface area contributed by atoms with Crippen molar-refractivity contribution in [1.29, 1.82) is 0 Å². The smallest absolute Gasteiger partial charge is 0.152 e. The Hall–Kier alpha value is -1.94. The Morgan fingerprint density at radius 1 is 1.05 bits per heavy atom. The van der Waals surface area contributed by atoms with Gasteiger partial charge in [0.1, 0.15) is 5.75 Å². The lowest BCUT2D eigenvalue weighted by atomic mass is 10.2. The highest BCUT2D eigenvalue weighted by Gasteiger charge is 2.20. The first-order valence-electron chi connectivity index (χ1n) is 7.43. The molecule has 0 atom stereocenters. The van der Waals surface area contributed by atoms with Crippen LogP contribution in [-0.4, -0.2) is 38.3 Å². The van der Waals surface area contributed by atoms with Crippen LogP contribution in [0.3, 0.4) is 0 Å². The third-order valence-electron chi connectivity index (χ3n) is 4.05. The molecule has 0 bridgehead atoms. The van der Waals surface area contributed by atoms with Crippen molar-refractivity contribution in [2.75, 3.05) is 43.1 Å². The van der Waals surface area contributed by atoms with Crippen molar-refractivity contribution in [2.45, 2.75) is 6.92 Å². The fourth-order valence-corrected chi connectivity index (χ4v) is 2.94. The normalized spacial score (nSPS) is 15.0. The van der Waals surface area contributed by atoms with E-state index in [1.54, 1.807) is 13.3 Å². The molecule has 0 unspecified atom stereocenters. The van der Waals surface area contributed by atoms with Crippen molar-refractivity contribution >= 4 is 23.0 Å². The Morgan fingerprint density at radius 3 is 2.32 bits per heavy atom. The number of halogens is 1. The molecule has 2 heterocycles. The van der Waals surface area contributed by atoms with Gasteiger partial charge in [-0.3, -0.25) is 0 Å². The molecular weight excluding hydrogens is 298 g/mol. The molecule has 1 fully saturated rings. The molecule has 5 heteroatoms. The molecule has 0 N–H and O–H groups in total. The Balaban J connectivity index is 1.70. The fraction of sp³-hybridized carbons (Fsp3) is 0.353. The lowest BCUT2D eigenvalue weighted by molar-refractivity contribution is 0.413. The number of pyridine rings is 1. The van der Waals surface area contributed by atoms with E-state index in [4.69, 9.17) is 16.3 Å². The second-order valence-corrected chi connectivity index (χ2v) is 5.85. The number of hydrogen-bond donors (Lipinski definition) is 0. The van der Waals surface area contributed by atoms with Gasteiger partial charge in [-0.05, 0) is 19.1 Å². The Labute approximate surface area is 136 Å². The van der Waals surface area contributed by atoms with Crippen molar-refractivity contribution in [3.63, 3.8) is 0 Å². The van der Waals surface area contributed by atoms with Crippen LogP contribution in [0.25, 0.3) is 0 Å². The van der Waals surface area contributed by atoms with Crippen molar-refractivity contribution in [2.24, 2.45) is 0 Å². The van der Waals surface area contributed by atoms with Crippen molar-refractivity contribution in [3.05, 3.63) is 47.2 Å². The summed E-state index contributed by atoms with van der Waals surface area (Å²) in [5.41, 5.74) is 3.52. The van der Waals surface area contributed by atoms with Crippen LogP contribution in [0.4, 0.5) is 11.4 Å². The van der Waals surface area contributed by atoms with E-state index >= 15 is 0 Å². The first kappa shape index (κ1) is 15.0. The highest BCUT2D eigenvalue weighted by molar-refractivity contribution is 6.32. The highest BCUT2D eigenvalue weighted by Crippen LogP contribution is 2.29.